The van der Waals surface area contributed by atoms with Gasteiger partial charge < -0.3 is 19.5 Å². The molecule has 1 rings (SSSR count). The quantitative estimate of drug-likeness (QED) is 0.383. The summed E-state index contributed by atoms with van der Waals surface area (Å²) in [5, 5.41) is 2.26. The molecule has 0 aliphatic heterocycles. The number of ketones is 2. The number of methoxy groups -OCH3 is 3. The number of amides is 1. The minimum Gasteiger partial charge on any atom is -0.497 e. The van der Waals surface area contributed by atoms with E-state index >= 15 is 0 Å². The van der Waals surface area contributed by atoms with Crippen LogP contribution in [0.2, 0.25) is 0 Å². The zero-order chi connectivity index (χ0) is 23.0. The van der Waals surface area contributed by atoms with E-state index in [1.807, 2.05) is 0 Å². The molecule has 2 atom stereocenters. The van der Waals surface area contributed by atoms with Crippen LogP contribution in [-0.4, -0.2) is 63.5 Å². The van der Waals surface area contributed by atoms with E-state index in [9.17, 15) is 27.4 Å². The first-order valence-corrected chi connectivity index (χ1v) is 9.75. The Bertz CT molecular complexity index is 860. The number of nitrogens with one attached hydrogen (secondary N) is 1. The molecule has 0 radical (unpaired) electrons. The van der Waals surface area contributed by atoms with Gasteiger partial charge in [-0.1, -0.05) is 29.7 Å². The van der Waals surface area contributed by atoms with E-state index in [4.69, 9.17) is 9.47 Å². The Hall–Kier alpha value is -2.41. The molecular formula is C22H44FNO9S. The summed E-state index contributed by atoms with van der Waals surface area (Å²) < 4.78 is 46.5. The monoisotopic (exact) mass is 517 g/mol. The molecule has 1 aromatic carbocycles. The van der Waals surface area contributed by atoms with Gasteiger partial charge in [0.25, 0.3) is 16.0 Å². The fourth-order valence-corrected chi connectivity index (χ4v) is 2.41. The van der Waals surface area contributed by atoms with Crippen molar-refractivity contribution >= 4 is 33.3 Å². The summed E-state index contributed by atoms with van der Waals surface area (Å²) in [4.78, 5) is 33.4. The lowest BCUT2D eigenvalue weighted by atomic mass is 10.0. The van der Waals surface area contributed by atoms with Gasteiger partial charge in [0.2, 0.25) is 5.60 Å². The lowest BCUT2D eigenvalue weighted by Gasteiger charge is -2.24. The Kier molecular flexibility index (Phi) is 25.2. The summed E-state index contributed by atoms with van der Waals surface area (Å²) in [7, 11) is -0.587. The minimum atomic E-state index is -4.60. The van der Waals surface area contributed by atoms with Gasteiger partial charge in [-0.25, -0.2) is 0 Å². The van der Waals surface area contributed by atoms with E-state index < -0.39 is 32.3 Å². The van der Waals surface area contributed by atoms with Crippen molar-refractivity contribution in [3.8, 4) is 5.75 Å². The molecule has 0 saturated carbocycles. The van der Waals surface area contributed by atoms with Gasteiger partial charge in [-0.15, -0.1) is 0 Å². The van der Waals surface area contributed by atoms with E-state index in [0.29, 0.717) is 0 Å². The van der Waals surface area contributed by atoms with Crippen LogP contribution in [0.15, 0.2) is 23.1 Å². The van der Waals surface area contributed by atoms with Crippen molar-refractivity contribution in [1.29, 1.82) is 0 Å². The lowest BCUT2D eigenvalue weighted by Crippen LogP contribution is -2.47. The Morgan fingerprint density at radius 3 is 1.76 bits per heavy atom. The van der Waals surface area contributed by atoms with Crippen molar-refractivity contribution in [1.82, 2.24) is 0 Å². The number of rotatable bonds is 8. The van der Waals surface area contributed by atoms with Crippen molar-refractivity contribution in [2.45, 2.75) is 74.0 Å². The summed E-state index contributed by atoms with van der Waals surface area (Å²) in [5.74, 6) is -1.18. The number of carbonyl (C=O) groups is 3. The topological polar surface area (TPSA) is 145 Å². The normalized spacial score (nSPS) is 11.9. The Morgan fingerprint density at radius 1 is 1.03 bits per heavy atom. The first-order chi connectivity index (χ1) is 13.2. The molecule has 0 bridgehead atoms. The molecule has 0 aliphatic rings. The minimum absolute atomic E-state index is 0. The number of carbonyl (C=O) groups excluding carboxylic acids is 3. The van der Waals surface area contributed by atoms with Crippen LogP contribution in [0.3, 0.4) is 0 Å². The van der Waals surface area contributed by atoms with Crippen LogP contribution in [0, 0.1) is 0 Å². The number of ether oxygens (including phenoxy) is 3. The molecule has 2 N–H and O–H groups in total. The highest BCUT2D eigenvalue weighted by atomic mass is 32.2. The first-order valence-electron chi connectivity index (χ1n) is 8.31. The maximum Gasteiger partial charge on any atom is 0.296 e. The van der Waals surface area contributed by atoms with Gasteiger partial charge in [0, 0.05) is 20.3 Å². The summed E-state index contributed by atoms with van der Waals surface area (Å²) in [5.41, 5.74) is -1.98. The van der Waals surface area contributed by atoms with Crippen molar-refractivity contribution in [2.24, 2.45) is 0 Å². The van der Waals surface area contributed by atoms with Crippen LogP contribution in [0.25, 0.3) is 0 Å². The van der Waals surface area contributed by atoms with Gasteiger partial charge in [0.05, 0.1) is 12.8 Å². The van der Waals surface area contributed by atoms with Gasteiger partial charge in [-0.05, 0) is 39.8 Å². The number of hydrogen-bond donors (Lipinski definition) is 2. The Balaban J connectivity index is -0.000000144. The molecule has 0 spiro atoms. The molecule has 12 heteroatoms. The molecular weight excluding hydrogens is 473 g/mol. The van der Waals surface area contributed by atoms with Gasteiger partial charge in [-0.3, -0.25) is 23.6 Å². The molecule has 1 amide bonds. The summed E-state index contributed by atoms with van der Waals surface area (Å²) in [6, 6.07) is 3.67. The standard InChI is InChI=1S/C13H17NO7S.C5H10O2.4CH4.FH/c1-8(15)13(2,21-4)12(16)14-10-6-5-9(20-3)7-11(10)22(17,18)19;1-4(6)5(2)7-3;;;;;/h5-7H,1-4H3,(H,14,16)(H,17,18,19);5H,1-3H3;4*1H4;1H. The smallest absolute Gasteiger partial charge is 0.296 e. The third kappa shape index (κ3) is 12.7. The van der Waals surface area contributed by atoms with Crippen molar-refractivity contribution < 1.29 is 46.3 Å². The van der Waals surface area contributed by atoms with Gasteiger partial charge in [0.15, 0.2) is 11.6 Å². The fourth-order valence-electron chi connectivity index (χ4n) is 1.75. The summed E-state index contributed by atoms with van der Waals surface area (Å²) in [6.07, 6.45) is -0.236. The maximum absolute atomic E-state index is 12.2. The molecule has 0 saturated heterocycles. The molecule has 10 nitrogen and oxygen atoms in total. The Labute approximate surface area is 204 Å². The number of anilines is 1. The van der Waals surface area contributed by atoms with E-state index in [2.05, 4.69) is 10.1 Å². The zero-order valence-corrected chi connectivity index (χ0v) is 18.7. The molecule has 1 aromatic rings. The van der Waals surface area contributed by atoms with E-state index in [0.717, 1.165) is 6.07 Å². The van der Waals surface area contributed by atoms with E-state index in [1.165, 1.54) is 54.2 Å². The second-order valence-corrected chi connectivity index (χ2v) is 7.46. The van der Waals surface area contributed by atoms with Crippen LogP contribution < -0.4 is 10.1 Å². The molecule has 0 aromatic heterocycles. The number of benzene rings is 1. The summed E-state index contributed by atoms with van der Waals surface area (Å²) in [6.45, 7) is 5.65. The highest BCUT2D eigenvalue weighted by Crippen LogP contribution is 2.27. The van der Waals surface area contributed by atoms with Gasteiger partial charge in [-0.2, -0.15) is 8.42 Å². The maximum atomic E-state index is 12.2. The van der Waals surface area contributed by atoms with Crippen LogP contribution in [0.4, 0.5) is 10.4 Å². The van der Waals surface area contributed by atoms with Crippen LogP contribution >= 0.6 is 0 Å². The average Bonchev–Trinajstić information content (AvgIpc) is 2.66. The molecule has 0 heterocycles. The zero-order valence-electron chi connectivity index (χ0n) is 17.8. The van der Waals surface area contributed by atoms with Gasteiger partial charge in [0.1, 0.15) is 16.7 Å². The Morgan fingerprint density at radius 2 is 1.50 bits per heavy atom. The average molecular weight is 518 g/mol. The van der Waals surface area contributed by atoms with E-state index in [-0.39, 0.29) is 57.7 Å². The number of hydrogen-bond acceptors (Lipinski definition) is 8. The second kappa shape index (κ2) is 19.0. The lowest BCUT2D eigenvalue weighted by molar-refractivity contribution is -0.149. The fraction of sp³-hybridized carbons (Fsp3) is 0.591. The van der Waals surface area contributed by atoms with Gasteiger partial charge >= 0.3 is 0 Å². The predicted molar refractivity (Wildman–Crippen MR) is 134 cm³/mol. The molecule has 0 fully saturated rings. The predicted octanol–water partition coefficient (Wildman–Crippen LogP) is 4.18. The van der Waals surface area contributed by atoms with E-state index in [1.54, 1.807) is 6.92 Å². The number of halogens is 1. The molecule has 0 aliphatic carbocycles. The van der Waals surface area contributed by atoms with Crippen molar-refractivity contribution in [2.75, 3.05) is 26.6 Å². The molecule has 204 valence electrons. The van der Waals surface area contributed by atoms with Crippen LogP contribution in [-0.2, 0) is 34.0 Å². The largest absolute Gasteiger partial charge is 0.497 e. The number of Topliss-reactive ketones (excluding diaryl/α,β-unsaturated/α-hetero) is 2. The molecule has 2 unspecified atom stereocenters. The van der Waals surface area contributed by atoms with Crippen LogP contribution in [0.5, 0.6) is 5.75 Å². The van der Waals surface area contributed by atoms with Crippen molar-refractivity contribution in [3.05, 3.63) is 18.2 Å². The van der Waals surface area contributed by atoms with Crippen LogP contribution in [0.1, 0.15) is 57.4 Å². The van der Waals surface area contributed by atoms with Crippen molar-refractivity contribution in [3.63, 3.8) is 0 Å². The highest BCUT2D eigenvalue weighted by molar-refractivity contribution is 7.86. The second-order valence-electron chi connectivity index (χ2n) is 6.07. The third-order valence-corrected chi connectivity index (χ3v) is 5.05. The SMILES string of the molecule is C.C.C.C.COC(C)C(C)=O.COc1ccc(NC(=O)C(C)(OC)C(C)=O)c(S(=O)(=O)O)c1.F. The molecule has 34 heavy (non-hydrogen) atoms. The summed E-state index contributed by atoms with van der Waals surface area (Å²) >= 11 is 0. The third-order valence-electron chi connectivity index (χ3n) is 4.15. The highest BCUT2D eigenvalue weighted by Gasteiger charge is 2.39. The first kappa shape index (κ1) is 45.1.